The lowest BCUT2D eigenvalue weighted by Gasteiger charge is -2.19. The van der Waals surface area contributed by atoms with Gasteiger partial charge in [-0.2, -0.15) is 13.2 Å². The normalized spacial score (nSPS) is 13.6. The van der Waals surface area contributed by atoms with Gasteiger partial charge in [0.2, 0.25) is 0 Å². The third-order valence-electron chi connectivity index (χ3n) is 3.51. The van der Waals surface area contributed by atoms with Gasteiger partial charge in [0.05, 0.1) is 20.6 Å². The first-order valence-corrected chi connectivity index (χ1v) is 8.96. The molecule has 0 aliphatic rings. The lowest BCUT2D eigenvalue weighted by atomic mass is 9.96. The Bertz CT molecular complexity index is 906. The summed E-state index contributed by atoms with van der Waals surface area (Å²) in [6.07, 6.45) is -4.48. The van der Waals surface area contributed by atoms with Crippen molar-refractivity contribution >= 4 is 62.5 Å². The predicted octanol–water partition coefficient (Wildman–Crippen LogP) is 7.76. The van der Waals surface area contributed by atoms with Crippen LogP contribution in [-0.4, -0.2) is 17.3 Å². The Balaban J connectivity index is 2.53. The van der Waals surface area contributed by atoms with Crippen LogP contribution in [0.15, 0.2) is 40.9 Å². The zero-order valence-electron chi connectivity index (χ0n) is 12.9. The SMILES string of the molecule is O=C(O)c1ccc(C(F)=CC(c2cc(Cl)c(Cl)c(Cl)c2)C(F)(F)F)cc1Br. The van der Waals surface area contributed by atoms with E-state index in [1.165, 1.54) is 0 Å². The van der Waals surface area contributed by atoms with Gasteiger partial charge in [0.1, 0.15) is 11.7 Å². The molecule has 2 aromatic rings. The summed E-state index contributed by atoms with van der Waals surface area (Å²) in [6, 6.07) is 5.13. The van der Waals surface area contributed by atoms with Gasteiger partial charge in [-0.15, -0.1) is 0 Å². The minimum atomic E-state index is -4.84. The van der Waals surface area contributed by atoms with E-state index >= 15 is 0 Å². The average Bonchev–Trinajstić information content (AvgIpc) is 2.55. The van der Waals surface area contributed by atoms with E-state index in [1.807, 2.05) is 0 Å². The number of carbonyl (C=O) groups is 1. The van der Waals surface area contributed by atoms with E-state index < -0.39 is 29.5 Å². The third-order valence-corrected chi connectivity index (χ3v) is 5.36. The topological polar surface area (TPSA) is 37.3 Å². The van der Waals surface area contributed by atoms with Crippen molar-refractivity contribution in [1.29, 1.82) is 0 Å². The lowest BCUT2D eigenvalue weighted by Crippen LogP contribution is -2.19. The minimum absolute atomic E-state index is 0.0252. The molecule has 0 heterocycles. The highest BCUT2D eigenvalue weighted by molar-refractivity contribution is 9.10. The molecule has 1 N–H and O–H groups in total. The number of alkyl halides is 3. The molecule has 0 aliphatic heterocycles. The van der Waals surface area contributed by atoms with Crippen molar-refractivity contribution in [3.63, 3.8) is 0 Å². The Morgan fingerprint density at radius 2 is 1.67 bits per heavy atom. The molecule has 2 nitrogen and oxygen atoms in total. The van der Waals surface area contributed by atoms with Gasteiger partial charge in [-0.1, -0.05) is 40.9 Å². The van der Waals surface area contributed by atoms with Crippen molar-refractivity contribution in [3.05, 3.63) is 72.6 Å². The summed E-state index contributed by atoms with van der Waals surface area (Å²) in [5.41, 5.74) is -0.777. The number of hydrogen-bond donors (Lipinski definition) is 1. The van der Waals surface area contributed by atoms with Gasteiger partial charge in [-0.05, 0) is 51.8 Å². The summed E-state index contributed by atoms with van der Waals surface area (Å²) in [4.78, 5) is 11.0. The quantitative estimate of drug-likeness (QED) is 0.340. The summed E-state index contributed by atoms with van der Waals surface area (Å²) < 4.78 is 55.0. The average molecular weight is 507 g/mol. The van der Waals surface area contributed by atoms with E-state index in [0.29, 0.717) is 6.08 Å². The molecule has 10 heteroatoms. The van der Waals surface area contributed by atoms with Crippen LogP contribution in [0.1, 0.15) is 27.4 Å². The van der Waals surface area contributed by atoms with Gasteiger partial charge < -0.3 is 5.11 Å². The second-order valence-corrected chi connectivity index (χ2v) is 7.38. The van der Waals surface area contributed by atoms with Crippen molar-refractivity contribution in [2.45, 2.75) is 12.1 Å². The number of allylic oxidation sites excluding steroid dienone is 1. The molecule has 0 radical (unpaired) electrons. The van der Waals surface area contributed by atoms with Crippen LogP contribution in [0, 0.1) is 0 Å². The zero-order chi connectivity index (χ0) is 20.5. The van der Waals surface area contributed by atoms with Gasteiger partial charge in [-0.25, -0.2) is 9.18 Å². The molecule has 0 fully saturated rings. The van der Waals surface area contributed by atoms with Crippen molar-refractivity contribution < 1.29 is 27.5 Å². The number of aromatic carboxylic acids is 1. The standard InChI is InChI=1S/C17H8BrCl3F4O2/c18-11-3-7(1-2-9(11)16(26)27)14(22)6-10(17(23,24)25)8-4-12(19)15(21)13(20)5-8/h1-6,10H,(H,26,27). The van der Waals surface area contributed by atoms with Gasteiger partial charge in [0.15, 0.2) is 0 Å². The minimum Gasteiger partial charge on any atom is -0.478 e. The molecule has 0 amide bonds. The summed E-state index contributed by atoms with van der Waals surface area (Å²) in [7, 11) is 0. The molecule has 144 valence electrons. The second kappa shape index (κ2) is 8.39. The molecular weight excluding hydrogens is 498 g/mol. The van der Waals surface area contributed by atoms with Crippen molar-refractivity contribution in [2.75, 3.05) is 0 Å². The Kier molecular flexibility index (Phi) is 6.84. The van der Waals surface area contributed by atoms with Gasteiger partial charge in [-0.3, -0.25) is 0 Å². The molecule has 0 saturated heterocycles. The predicted molar refractivity (Wildman–Crippen MR) is 100 cm³/mol. The smallest absolute Gasteiger partial charge is 0.399 e. The van der Waals surface area contributed by atoms with Crippen LogP contribution in [0.25, 0.3) is 5.83 Å². The van der Waals surface area contributed by atoms with E-state index in [0.717, 1.165) is 30.3 Å². The number of halogens is 8. The molecule has 0 aromatic heterocycles. The summed E-state index contributed by atoms with van der Waals surface area (Å²) in [5, 5.41) is 8.44. The van der Waals surface area contributed by atoms with Crippen LogP contribution in [0.4, 0.5) is 17.6 Å². The van der Waals surface area contributed by atoms with Crippen LogP contribution < -0.4 is 0 Å². The number of carboxylic acids is 1. The maximum Gasteiger partial charge on any atom is 0.399 e. The number of carboxylic acid groups (broad SMARTS) is 1. The molecule has 1 unspecified atom stereocenters. The summed E-state index contributed by atoms with van der Waals surface area (Å²) in [5.74, 6) is -4.81. The Morgan fingerprint density at radius 3 is 2.11 bits per heavy atom. The highest BCUT2D eigenvalue weighted by Crippen LogP contribution is 2.42. The molecule has 2 rings (SSSR count). The van der Waals surface area contributed by atoms with Gasteiger partial charge >= 0.3 is 12.1 Å². The largest absolute Gasteiger partial charge is 0.478 e. The third kappa shape index (κ3) is 5.16. The maximum absolute atomic E-state index is 14.5. The lowest BCUT2D eigenvalue weighted by molar-refractivity contribution is -0.139. The maximum atomic E-state index is 14.5. The molecule has 0 bridgehead atoms. The summed E-state index contributed by atoms with van der Waals surface area (Å²) in [6.45, 7) is 0. The fraction of sp³-hybridized carbons (Fsp3) is 0.118. The first kappa shape index (κ1) is 22.0. The first-order chi connectivity index (χ1) is 12.4. The van der Waals surface area contributed by atoms with Gasteiger partial charge in [0.25, 0.3) is 0 Å². The molecule has 0 spiro atoms. The van der Waals surface area contributed by atoms with Crippen LogP contribution in [0.5, 0.6) is 0 Å². The highest BCUT2D eigenvalue weighted by Gasteiger charge is 2.40. The number of benzene rings is 2. The second-order valence-electron chi connectivity index (χ2n) is 5.33. The molecule has 27 heavy (non-hydrogen) atoms. The molecule has 0 saturated carbocycles. The van der Waals surface area contributed by atoms with E-state index in [1.54, 1.807) is 0 Å². The zero-order valence-corrected chi connectivity index (χ0v) is 16.8. The monoisotopic (exact) mass is 504 g/mol. The van der Waals surface area contributed by atoms with Crippen molar-refractivity contribution in [2.24, 2.45) is 0 Å². The van der Waals surface area contributed by atoms with Crippen molar-refractivity contribution in [3.8, 4) is 0 Å². The molecular formula is C17H8BrCl3F4O2. The van der Waals surface area contributed by atoms with E-state index in [9.17, 15) is 22.4 Å². The molecule has 2 aromatic carbocycles. The van der Waals surface area contributed by atoms with E-state index in [2.05, 4.69) is 15.9 Å². The van der Waals surface area contributed by atoms with Crippen LogP contribution in [0.3, 0.4) is 0 Å². The number of rotatable bonds is 4. The van der Waals surface area contributed by atoms with Crippen LogP contribution >= 0.6 is 50.7 Å². The Morgan fingerprint density at radius 1 is 1.11 bits per heavy atom. The Hall–Kier alpha value is -1.28. The fourth-order valence-corrected chi connectivity index (χ4v) is 3.38. The fourth-order valence-electron chi connectivity index (χ4n) is 2.21. The van der Waals surface area contributed by atoms with Gasteiger partial charge in [0, 0.05) is 10.0 Å². The first-order valence-electron chi connectivity index (χ1n) is 7.03. The molecule has 1 atom stereocenters. The summed E-state index contributed by atoms with van der Waals surface area (Å²) >= 11 is 20.2. The van der Waals surface area contributed by atoms with E-state index in [-0.39, 0.29) is 30.7 Å². The van der Waals surface area contributed by atoms with E-state index in [4.69, 9.17) is 39.9 Å². The number of hydrogen-bond acceptors (Lipinski definition) is 1. The van der Waals surface area contributed by atoms with Crippen LogP contribution in [-0.2, 0) is 0 Å². The molecule has 0 aliphatic carbocycles. The van der Waals surface area contributed by atoms with Crippen LogP contribution in [0.2, 0.25) is 15.1 Å². The van der Waals surface area contributed by atoms with Crippen molar-refractivity contribution in [1.82, 2.24) is 0 Å². The Labute approximate surface area is 174 Å². The highest BCUT2D eigenvalue weighted by atomic mass is 79.9.